The Morgan fingerprint density at radius 2 is 1.50 bits per heavy atom. The molecule has 2 aromatic rings. The maximum absolute atomic E-state index is 13.4. The molecule has 1 aliphatic rings. The first kappa shape index (κ1) is 29.1. The van der Waals surface area contributed by atoms with Crippen molar-refractivity contribution in [3.63, 3.8) is 0 Å². The summed E-state index contributed by atoms with van der Waals surface area (Å²) in [5.74, 6) is 1.68. The lowest BCUT2D eigenvalue weighted by Crippen LogP contribution is -2.63. The van der Waals surface area contributed by atoms with Gasteiger partial charge in [0.2, 0.25) is 17.6 Å². The molecular weight excluding hydrogens is 480 g/mol. The minimum absolute atomic E-state index is 0.0102. The van der Waals surface area contributed by atoms with Crippen LogP contribution in [0.25, 0.3) is 11.1 Å². The molecule has 1 fully saturated rings. The molecule has 0 N–H and O–H groups in total. The monoisotopic (exact) mass is 522 g/mol. The zero-order chi connectivity index (χ0) is 27.7. The fourth-order valence-corrected chi connectivity index (χ4v) is 4.90. The van der Waals surface area contributed by atoms with Gasteiger partial charge < -0.3 is 24.0 Å². The molecule has 7 nitrogen and oxygen atoms in total. The summed E-state index contributed by atoms with van der Waals surface area (Å²) in [6, 6.07) is 10.8. The lowest BCUT2D eigenvalue weighted by molar-refractivity contribution is -0.158. The SMILES string of the molecule is CCCCCC/C=C/CN1C(=O)C(Cc2ccc(-c3cc(OC)c(OC)c(OC)c3)cc2)N(C)C(=O)C1C. The number of hydrogen-bond acceptors (Lipinski definition) is 5. The normalized spacial score (nSPS) is 17.8. The highest BCUT2D eigenvalue weighted by Crippen LogP contribution is 2.41. The largest absolute Gasteiger partial charge is 0.493 e. The summed E-state index contributed by atoms with van der Waals surface area (Å²) in [6.07, 6.45) is 10.5. The van der Waals surface area contributed by atoms with Crippen LogP contribution < -0.4 is 14.2 Å². The number of ether oxygens (including phenoxy) is 3. The molecule has 0 saturated carbocycles. The number of hydrogen-bond donors (Lipinski definition) is 0. The van der Waals surface area contributed by atoms with Crippen molar-refractivity contribution in [2.45, 2.75) is 64.5 Å². The molecule has 1 saturated heterocycles. The molecule has 3 rings (SSSR count). The van der Waals surface area contributed by atoms with Crippen LogP contribution in [-0.2, 0) is 16.0 Å². The zero-order valence-corrected chi connectivity index (χ0v) is 23.7. The summed E-state index contributed by atoms with van der Waals surface area (Å²) in [5.41, 5.74) is 2.89. The van der Waals surface area contributed by atoms with Gasteiger partial charge in [-0.25, -0.2) is 0 Å². The van der Waals surface area contributed by atoms with Gasteiger partial charge in [-0.15, -0.1) is 0 Å². The van der Waals surface area contributed by atoms with E-state index in [2.05, 4.69) is 13.0 Å². The lowest BCUT2D eigenvalue weighted by Gasteiger charge is -2.42. The minimum Gasteiger partial charge on any atom is -0.493 e. The lowest BCUT2D eigenvalue weighted by atomic mass is 9.96. The second-order valence-electron chi connectivity index (χ2n) is 9.77. The van der Waals surface area contributed by atoms with Crippen molar-refractivity contribution in [1.29, 1.82) is 0 Å². The molecule has 0 radical (unpaired) electrons. The maximum atomic E-state index is 13.4. The number of amides is 2. The molecule has 38 heavy (non-hydrogen) atoms. The molecule has 1 heterocycles. The highest BCUT2D eigenvalue weighted by molar-refractivity contribution is 5.96. The van der Waals surface area contributed by atoms with Gasteiger partial charge in [0.05, 0.1) is 21.3 Å². The first-order valence-electron chi connectivity index (χ1n) is 13.5. The van der Waals surface area contributed by atoms with Gasteiger partial charge in [-0.05, 0) is 48.6 Å². The Hall–Kier alpha value is -3.48. The van der Waals surface area contributed by atoms with Crippen molar-refractivity contribution in [1.82, 2.24) is 9.80 Å². The molecule has 2 unspecified atom stereocenters. The maximum Gasteiger partial charge on any atom is 0.246 e. The number of rotatable bonds is 13. The van der Waals surface area contributed by atoms with Crippen molar-refractivity contribution in [3.05, 3.63) is 54.1 Å². The molecule has 0 spiro atoms. The molecule has 7 heteroatoms. The van der Waals surface area contributed by atoms with E-state index in [1.54, 1.807) is 38.2 Å². The Morgan fingerprint density at radius 3 is 2.08 bits per heavy atom. The highest BCUT2D eigenvalue weighted by atomic mass is 16.5. The third kappa shape index (κ3) is 6.69. The molecule has 2 amide bonds. The van der Waals surface area contributed by atoms with Crippen molar-refractivity contribution >= 4 is 11.8 Å². The van der Waals surface area contributed by atoms with E-state index < -0.39 is 12.1 Å². The van der Waals surface area contributed by atoms with Gasteiger partial charge in [0.1, 0.15) is 12.1 Å². The van der Waals surface area contributed by atoms with Crippen LogP contribution >= 0.6 is 0 Å². The quantitative estimate of drug-likeness (QED) is 0.256. The van der Waals surface area contributed by atoms with Crippen molar-refractivity contribution in [2.75, 3.05) is 34.9 Å². The van der Waals surface area contributed by atoms with E-state index >= 15 is 0 Å². The smallest absolute Gasteiger partial charge is 0.246 e. The zero-order valence-electron chi connectivity index (χ0n) is 23.7. The van der Waals surface area contributed by atoms with Crippen LogP contribution in [0.5, 0.6) is 17.2 Å². The Kier molecular flexibility index (Phi) is 10.6. The van der Waals surface area contributed by atoms with E-state index in [0.717, 1.165) is 29.5 Å². The van der Waals surface area contributed by atoms with Gasteiger partial charge in [0, 0.05) is 20.0 Å². The third-order valence-electron chi connectivity index (χ3n) is 7.28. The van der Waals surface area contributed by atoms with Crippen LogP contribution in [0.4, 0.5) is 0 Å². The second kappa shape index (κ2) is 13.9. The van der Waals surface area contributed by atoms with Gasteiger partial charge in [0.25, 0.3) is 0 Å². The fourth-order valence-electron chi connectivity index (χ4n) is 4.90. The highest BCUT2D eigenvalue weighted by Gasteiger charge is 2.41. The van der Waals surface area contributed by atoms with Crippen LogP contribution in [0.2, 0.25) is 0 Å². The molecule has 206 valence electrons. The summed E-state index contributed by atoms with van der Waals surface area (Å²) in [6.45, 7) is 4.48. The first-order chi connectivity index (χ1) is 18.4. The van der Waals surface area contributed by atoms with Gasteiger partial charge >= 0.3 is 0 Å². The number of carbonyl (C=O) groups is 2. The van der Waals surface area contributed by atoms with Gasteiger partial charge in [0.15, 0.2) is 11.5 Å². The Balaban J connectivity index is 1.72. The van der Waals surface area contributed by atoms with Crippen LogP contribution in [0.3, 0.4) is 0 Å². The number of carbonyl (C=O) groups excluding carboxylic acids is 2. The van der Waals surface area contributed by atoms with Crippen molar-refractivity contribution < 1.29 is 23.8 Å². The van der Waals surface area contributed by atoms with Gasteiger partial charge in [-0.2, -0.15) is 0 Å². The van der Waals surface area contributed by atoms with E-state index in [1.165, 1.54) is 19.3 Å². The molecular formula is C31H42N2O5. The standard InChI is InChI=1S/C31H42N2O5/c1-7-8-9-10-11-12-13-18-33-22(2)30(34)32(3)26(31(33)35)19-23-14-16-24(17-15-23)25-20-27(36-4)29(38-6)28(21-25)37-5/h12-17,20-22,26H,7-11,18-19H2,1-6H3/b13-12+. The average Bonchev–Trinajstić information content (AvgIpc) is 2.94. The second-order valence-corrected chi connectivity index (χ2v) is 9.77. The Bertz CT molecular complexity index is 1090. The number of benzene rings is 2. The summed E-state index contributed by atoms with van der Waals surface area (Å²) >= 11 is 0. The summed E-state index contributed by atoms with van der Waals surface area (Å²) in [4.78, 5) is 29.7. The van der Waals surface area contributed by atoms with Crippen LogP contribution in [0, 0.1) is 0 Å². The third-order valence-corrected chi connectivity index (χ3v) is 7.28. The topological polar surface area (TPSA) is 68.3 Å². The number of allylic oxidation sites excluding steroid dienone is 1. The molecule has 0 aromatic heterocycles. The summed E-state index contributed by atoms with van der Waals surface area (Å²) in [7, 11) is 6.50. The average molecular weight is 523 g/mol. The molecule has 2 aromatic carbocycles. The number of methoxy groups -OCH3 is 3. The van der Waals surface area contributed by atoms with Crippen LogP contribution in [0.1, 0.15) is 51.5 Å². The van der Waals surface area contributed by atoms with E-state index in [4.69, 9.17) is 14.2 Å². The predicted octanol–water partition coefficient (Wildman–Crippen LogP) is 5.51. The van der Waals surface area contributed by atoms with Crippen molar-refractivity contribution in [2.24, 2.45) is 0 Å². The molecule has 0 aliphatic carbocycles. The van der Waals surface area contributed by atoms with Crippen molar-refractivity contribution in [3.8, 4) is 28.4 Å². The summed E-state index contributed by atoms with van der Waals surface area (Å²) < 4.78 is 16.4. The van der Waals surface area contributed by atoms with Crippen LogP contribution in [0.15, 0.2) is 48.6 Å². The Labute approximate surface area is 227 Å². The molecule has 1 aliphatic heterocycles. The first-order valence-corrected chi connectivity index (χ1v) is 13.5. The molecule has 0 bridgehead atoms. The predicted molar refractivity (Wildman–Crippen MR) is 151 cm³/mol. The van der Waals surface area contributed by atoms with E-state index in [0.29, 0.717) is 30.2 Å². The number of likely N-dealkylation sites (N-methyl/N-ethyl adjacent to an activating group) is 1. The number of nitrogens with zero attached hydrogens (tertiary/aromatic N) is 2. The van der Waals surface area contributed by atoms with Crippen LogP contribution in [-0.4, -0.2) is 68.6 Å². The van der Waals surface area contributed by atoms with E-state index in [1.807, 2.05) is 49.4 Å². The minimum atomic E-state index is -0.524. The van der Waals surface area contributed by atoms with E-state index in [9.17, 15) is 9.59 Å². The Morgan fingerprint density at radius 1 is 0.842 bits per heavy atom. The fraction of sp³-hybridized carbons (Fsp3) is 0.484. The number of piperazine rings is 1. The van der Waals surface area contributed by atoms with E-state index in [-0.39, 0.29) is 11.8 Å². The van der Waals surface area contributed by atoms with Gasteiger partial charge in [-0.3, -0.25) is 9.59 Å². The molecule has 2 atom stereocenters. The number of unbranched alkanes of at least 4 members (excludes halogenated alkanes) is 4. The van der Waals surface area contributed by atoms with Gasteiger partial charge in [-0.1, -0.05) is 62.6 Å². The summed E-state index contributed by atoms with van der Waals surface area (Å²) in [5, 5.41) is 0.